The Morgan fingerprint density at radius 1 is 1.29 bits per heavy atom. The predicted molar refractivity (Wildman–Crippen MR) is 91.2 cm³/mol. The van der Waals surface area contributed by atoms with Gasteiger partial charge in [0.2, 0.25) is 5.88 Å². The van der Waals surface area contributed by atoms with Crippen LogP contribution in [0, 0.1) is 0 Å². The second-order valence-corrected chi connectivity index (χ2v) is 6.11. The summed E-state index contributed by atoms with van der Waals surface area (Å²) >= 11 is 5.96. The van der Waals surface area contributed by atoms with Crippen LogP contribution in [0.4, 0.5) is 5.82 Å². The second kappa shape index (κ2) is 7.79. The van der Waals surface area contributed by atoms with Crippen molar-refractivity contribution >= 4 is 17.4 Å². The van der Waals surface area contributed by atoms with E-state index in [4.69, 9.17) is 25.8 Å². The number of anilines is 1. The minimum atomic E-state index is -0.513. The average molecular weight is 350 g/mol. The summed E-state index contributed by atoms with van der Waals surface area (Å²) < 4.78 is 16.8. The maximum absolute atomic E-state index is 5.96. The van der Waals surface area contributed by atoms with Crippen molar-refractivity contribution < 1.29 is 14.2 Å². The molecule has 2 aromatic rings. The van der Waals surface area contributed by atoms with Gasteiger partial charge in [0.25, 0.3) is 0 Å². The van der Waals surface area contributed by atoms with Gasteiger partial charge >= 0.3 is 0 Å². The predicted octanol–water partition coefficient (Wildman–Crippen LogP) is 3.27. The first kappa shape index (κ1) is 17.0. The molecule has 2 heterocycles. The maximum atomic E-state index is 5.96. The second-order valence-electron chi connectivity index (χ2n) is 5.67. The average Bonchev–Trinajstić information content (AvgIpc) is 3.00. The van der Waals surface area contributed by atoms with Gasteiger partial charge in [-0.05, 0) is 24.6 Å². The first-order valence-electron chi connectivity index (χ1n) is 7.84. The summed E-state index contributed by atoms with van der Waals surface area (Å²) in [6.07, 6.45) is 3.97. The third kappa shape index (κ3) is 4.80. The highest BCUT2D eigenvalue weighted by Crippen LogP contribution is 2.22. The molecule has 1 aliphatic rings. The lowest BCUT2D eigenvalue weighted by atomic mass is 10.2. The van der Waals surface area contributed by atoms with Gasteiger partial charge in [0, 0.05) is 18.0 Å². The molecular formula is C17H20ClN3O3. The number of hydrogen-bond acceptors (Lipinski definition) is 6. The Morgan fingerprint density at radius 3 is 2.92 bits per heavy atom. The number of benzene rings is 1. The van der Waals surface area contributed by atoms with Crippen molar-refractivity contribution in [1.82, 2.24) is 9.97 Å². The molecule has 1 saturated heterocycles. The van der Waals surface area contributed by atoms with Crippen LogP contribution in [-0.2, 0) is 16.1 Å². The van der Waals surface area contributed by atoms with Crippen molar-refractivity contribution in [3.63, 3.8) is 0 Å². The van der Waals surface area contributed by atoms with Crippen LogP contribution in [0.25, 0.3) is 0 Å². The molecule has 0 saturated carbocycles. The topological polar surface area (TPSA) is 65.5 Å². The molecule has 0 amide bonds. The molecule has 1 aromatic carbocycles. The van der Waals surface area contributed by atoms with E-state index in [1.165, 1.54) is 0 Å². The molecule has 1 N–H and O–H groups in total. The SMILES string of the molecule is CC1(CCNc2cncc(OCc3cccc(Cl)c3)n2)OCCO1. The van der Waals surface area contributed by atoms with Gasteiger partial charge in [-0.15, -0.1) is 0 Å². The molecule has 0 bridgehead atoms. The van der Waals surface area contributed by atoms with E-state index in [9.17, 15) is 0 Å². The van der Waals surface area contributed by atoms with E-state index in [-0.39, 0.29) is 0 Å². The van der Waals surface area contributed by atoms with Crippen LogP contribution in [0.5, 0.6) is 5.88 Å². The quantitative estimate of drug-likeness (QED) is 0.827. The normalized spacial score (nSPS) is 16.1. The number of aromatic nitrogens is 2. The summed E-state index contributed by atoms with van der Waals surface area (Å²) in [4.78, 5) is 8.53. The fourth-order valence-corrected chi connectivity index (χ4v) is 2.62. The fourth-order valence-electron chi connectivity index (χ4n) is 2.41. The highest BCUT2D eigenvalue weighted by Gasteiger charge is 2.30. The van der Waals surface area contributed by atoms with E-state index in [1.54, 1.807) is 12.4 Å². The Kier molecular flexibility index (Phi) is 5.50. The zero-order valence-corrected chi connectivity index (χ0v) is 14.3. The number of ether oxygens (including phenoxy) is 3. The maximum Gasteiger partial charge on any atom is 0.234 e. The lowest BCUT2D eigenvalue weighted by Gasteiger charge is -2.22. The lowest BCUT2D eigenvalue weighted by Crippen LogP contribution is -2.28. The largest absolute Gasteiger partial charge is 0.472 e. The van der Waals surface area contributed by atoms with Gasteiger partial charge in [0.05, 0.1) is 25.6 Å². The summed E-state index contributed by atoms with van der Waals surface area (Å²) in [5.41, 5.74) is 0.978. The van der Waals surface area contributed by atoms with E-state index < -0.39 is 5.79 Å². The summed E-state index contributed by atoms with van der Waals surface area (Å²) in [5, 5.41) is 3.89. The minimum absolute atomic E-state index is 0.387. The van der Waals surface area contributed by atoms with E-state index in [1.807, 2.05) is 31.2 Å². The third-order valence-corrected chi connectivity index (χ3v) is 3.91. The molecule has 7 heteroatoms. The molecule has 1 fully saturated rings. The molecule has 1 aromatic heterocycles. The van der Waals surface area contributed by atoms with Gasteiger partial charge in [0.15, 0.2) is 5.79 Å². The molecule has 3 rings (SSSR count). The van der Waals surface area contributed by atoms with Gasteiger partial charge in [-0.3, -0.25) is 4.98 Å². The van der Waals surface area contributed by atoms with Crippen molar-refractivity contribution in [3.05, 3.63) is 47.2 Å². The Morgan fingerprint density at radius 2 is 2.12 bits per heavy atom. The molecular weight excluding hydrogens is 330 g/mol. The first-order chi connectivity index (χ1) is 11.6. The van der Waals surface area contributed by atoms with Crippen LogP contribution in [0.2, 0.25) is 5.02 Å². The highest BCUT2D eigenvalue weighted by molar-refractivity contribution is 6.30. The summed E-state index contributed by atoms with van der Waals surface area (Å²) in [6.45, 7) is 4.28. The number of halogens is 1. The molecule has 128 valence electrons. The Bertz CT molecular complexity index is 678. The molecule has 24 heavy (non-hydrogen) atoms. The zero-order chi connectivity index (χ0) is 16.8. The van der Waals surface area contributed by atoms with Crippen LogP contribution in [0.15, 0.2) is 36.7 Å². The first-order valence-corrected chi connectivity index (χ1v) is 8.22. The summed E-state index contributed by atoms with van der Waals surface area (Å²) in [7, 11) is 0. The van der Waals surface area contributed by atoms with Crippen LogP contribution in [0.1, 0.15) is 18.9 Å². The van der Waals surface area contributed by atoms with Gasteiger partial charge in [-0.1, -0.05) is 23.7 Å². The minimum Gasteiger partial charge on any atom is -0.472 e. The number of nitrogens with one attached hydrogen (secondary N) is 1. The van der Waals surface area contributed by atoms with E-state index in [0.29, 0.717) is 43.1 Å². The molecule has 1 aliphatic heterocycles. The lowest BCUT2D eigenvalue weighted by molar-refractivity contribution is -0.144. The van der Waals surface area contributed by atoms with E-state index >= 15 is 0 Å². The molecule has 0 aliphatic carbocycles. The Hall–Kier alpha value is -1.89. The van der Waals surface area contributed by atoms with Gasteiger partial charge in [-0.25, -0.2) is 0 Å². The standard InChI is InChI=1S/C17H20ClN3O3/c1-17(23-7-8-24-17)5-6-20-15-10-19-11-16(21-15)22-12-13-3-2-4-14(18)9-13/h2-4,9-11H,5-8,12H2,1H3,(H,20,21). The molecule has 0 unspecified atom stereocenters. The number of hydrogen-bond donors (Lipinski definition) is 1. The summed E-state index contributed by atoms with van der Waals surface area (Å²) in [6, 6.07) is 7.52. The number of nitrogens with zero attached hydrogens (tertiary/aromatic N) is 2. The van der Waals surface area contributed by atoms with Crippen molar-refractivity contribution in [2.45, 2.75) is 25.7 Å². The van der Waals surface area contributed by atoms with Crippen molar-refractivity contribution in [2.24, 2.45) is 0 Å². The van der Waals surface area contributed by atoms with Gasteiger partial charge in [-0.2, -0.15) is 4.98 Å². The van der Waals surface area contributed by atoms with Crippen molar-refractivity contribution in [1.29, 1.82) is 0 Å². The monoisotopic (exact) mass is 349 g/mol. The van der Waals surface area contributed by atoms with Crippen molar-refractivity contribution in [3.8, 4) is 5.88 Å². The molecule has 0 spiro atoms. The molecule has 0 radical (unpaired) electrons. The highest BCUT2D eigenvalue weighted by atomic mass is 35.5. The summed E-state index contributed by atoms with van der Waals surface area (Å²) in [5.74, 6) is 0.598. The van der Waals surface area contributed by atoms with E-state index in [0.717, 1.165) is 12.0 Å². The van der Waals surface area contributed by atoms with E-state index in [2.05, 4.69) is 15.3 Å². The zero-order valence-electron chi connectivity index (χ0n) is 13.5. The van der Waals surface area contributed by atoms with Crippen LogP contribution in [0.3, 0.4) is 0 Å². The van der Waals surface area contributed by atoms with Crippen LogP contribution >= 0.6 is 11.6 Å². The Labute approximate surface area is 146 Å². The van der Waals surface area contributed by atoms with Gasteiger partial charge < -0.3 is 19.5 Å². The smallest absolute Gasteiger partial charge is 0.234 e. The third-order valence-electron chi connectivity index (χ3n) is 3.67. The molecule has 0 atom stereocenters. The van der Waals surface area contributed by atoms with Gasteiger partial charge in [0.1, 0.15) is 12.4 Å². The van der Waals surface area contributed by atoms with Crippen molar-refractivity contribution in [2.75, 3.05) is 25.1 Å². The number of rotatable bonds is 7. The van der Waals surface area contributed by atoms with Crippen LogP contribution in [-0.4, -0.2) is 35.5 Å². The fraction of sp³-hybridized carbons (Fsp3) is 0.412. The van der Waals surface area contributed by atoms with Crippen LogP contribution < -0.4 is 10.1 Å². The molecule has 6 nitrogen and oxygen atoms in total. The Balaban J connectivity index is 1.50.